The molecule has 27 heavy (non-hydrogen) atoms. The minimum atomic E-state index is -5.05. The predicted molar refractivity (Wildman–Crippen MR) is 94.7 cm³/mol. The van der Waals surface area contributed by atoms with E-state index in [0.29, 0.717) is 11.3 Å². The van der Waals surface area contributed by atoms with Gasteiger partial charge in [-0.1, -0.05) is 24.8 Å². The molecule has 1 aromatic carbocycles. The molecule has 0 aliphatic heterocycles. The third kappa shape index (κ3) is 4.21. The van der Waals surface area contributed by atoms with Crippen molar-refractivity contribution in [3.05, 3.63) is 70.2 Å². The summed E-state index contributed by atoms with van der Waals surface area (Å²) in [6.45, 7) is 8.06. The second-order valence-corrected chi connectivity index (χ2v) is 5.97. The largest absolute Gasteiger partial charge is 0.618 e. The second kappa shape index (κ2) is 7.69. The zero-order valence-electron chi connectivity index (χ0n) is 15.1. The molecule has 0 aliphatic carbocycles. The summed E-state index contributed by atoms with van der Waals surface area (Å²) in [6, 6.07) is 6.14. The molecule has 8 heteroatoms. The van der Waals surface area contributed by atoms with Crippen molar-refractivity contribution in [1.82, 2.24) is 0 Å². The molecule has 0 saturated carbocycles. The number of halogens is 3. The maximum absolute atomic E-state index is 13.6. The Morgan fingerprint density at radius 3 is 2.59 bits per heavy atom. The van der Waals surface area contributed by atoms with E-state index in [1.165, 1.54) is 13.0 Å². The van der Waals surface area contributed by atoms with Gasteiger partial charge in [-0.2, -0.15) is 17.9 Å². The van der Waals surface area contributed by atoms with Gasteiger partial charge in [0.2, 0.25) is 0 Å². The average Bonchev–Trinajstić information content (AvgIpc) is 2.58. The molecule has 1 amide bonds. The van der Waals surface area contributed by atoms with Crippen molar-refractivity contribution in [2.24, 2.45) is 0 Å². The Morgan fingerprint density at radius 1 is 1.33 bits per heavy atom. The molecule has 2 aromatic rings. The summed E-state index contributed by atoms with van der Waals surface area (Å²) in [4.78, 5) is 12.7. The molecular weight excluding hydrogens is 361 g/mol. The van der Waals surface area contributed by atoms with E-state index in [4.69, 9.17) is 4.74 Å². The van der Waals surface area contributed by atoms with Crippen molar-refractivity contribution < 1.29 is 27.4 Å². The highest BCUT2D eigenvalue weighted by Gasteiger charge is 2.47. The van der Waals surface area contributed by atoms with Crippen LogP contribution in [-0.4, -0.2) is 12.5 Å². The Kier molecular flexibility index (Phi) is 5.78. The van der Waals surface area contributed by atoms with Gasteiger partial charge in [0.15, 0.2) is 11.3 Å². The lowest BCUT2D eigenvalue weighted by Gasteiger charge is -2.18. The van der Waals surface area contributed by atoms with Crippen molar-refractivity contribution in [2.45, 2.75) is 26.9 Å². The van der Waals surface area contributed by atoms with Gasteiger partial charge in [-0.05, 0) is 31.0 Å². The van der Waals surface area contributed by atoms with Gasteiger partial charge in [-0.3, -0.25) is 4.79 Å². The summed E-state index contributed by atoms with van der Waals surface area (Å²) in [6.07, 6.45) is -3.72. The summed E-state index contributed by atoms with van der Waals surface area (Å²) in [5, 5.41) is 14.5. The Hall–Kier alpha value is -3.03. The number of alkyl halides is 3. The maximum Gasteiger partial charge on any atom is 0.479 e. The predicted octanol–water partition coefficient (Wildman–Crippen LogP) is 4.08. The Labute approximate surface area is 154 Å². The number of rotatable bonds is 5. The number of carbonyl (C=O) groups excluding carboxylic acids is 1. The summed E-state index contributed by atoms with van der Waals surface area (Å²) in [5.74, 6) is -1.42. The monoisotopic (exact) mass is 380 g/mol. The lowest BCUT2D eigenvalue weighted by atomic mass is 10.1. The van der Waals surface area contributed by atoms with Gasteiger partial charge in [0, 0.05) is 18.7 Å². The van der Waals surface area contributed by atoms with Crippen molar-refractivity contribution in [3.63, 3.8) is 0 Å². The van der Waals surface area contributed by atoms with Crippen molar-refractivity contribution in [3.8, 4) is 5.75 Å². The van der Waals surface area contributed by atoms with Gasteiger partial charge in [0.1, 0.15) is 12.4 Å². The molecule has 144 valence electrons. The number of carbonyl (C=O) groups is 1. The zero-order valence-corrected chi connectivity index (χ0v) is 15.1. The molecule has 0 spiro atoms. The molecule has 0 radical (unpaired) electrons. The Balaban J connectivity index is 2.64. The first-order valence-corrected chi connectivity index (χ1v) is 8.03. The molecule has 0 aliphatic rings. The number of nitrogens with one attached hydrogen (secondary N) is 1. The lowest BCUT2D eigenvalue weighted by molar-refractivity contribution is -0.635. The number of aromatic nitrogens is 1. The molecule has 0 fully saturated rings. The van der Waals surface area contributed by atoms with Crippen LogP contribution < -0.4 is 14.8 Å². The van der Waals surface area contributed by atoms with Crippen LogP contribution in [-0.2, 0) is 6.18 Å². The lowest BCUT2D eigenvalue weighted by Crippen LogP contribution is -2.42. The minimum Gasteiger partial charge on any atom is -0.618 e. The van der Waals surface area contributed by atoms with Crippen molar-refractivity contribution >= 4 is 11.6 Å². The number of anilines is 1. The molecule has 1 heterocycles. The molecule has 2 rings (SSSR count). The van der Waals surface area contributed by atoms with Crippen LogP contribution in [0.3, 0.4) is 0 Å². The molecule has 1 aromatic heterocycles. The van der Waals surface area contributed by atoms with Crippen LogP contribution >= 0.6 is 0 Å². The molecule has 0 bridgehead atoms. The third-order valence-electron chi connectivity index (χ3n) is 4.05. The summed E-state index contributed by atoms with van der Waals surface area (Å²) < 4.78 is 45.6. The highest BCUT2D eigenvalue weighted by Crippen LogP contribution is 2.35. The minimum absolute atomic E-state index is 0.122. The second-order valence-electron chi connectivity index (χ2n) is 5.97. The van der Waals surface area contributed by atoms with E-state index in [-0.39, 0.29) is 22.8 Å². The average molecular weight is 380 g/mol. The van der Waals surface area contributed by atoms with Crippen LogP contribution in [0.1, 0.15) is 32.9 Å². The van der Waals surface area contributed by atoms with E-state index in [1.54, 1.807) is 19.1 Å². The van der Waals surface area contributed by atoms with E-state index in [0.717, 1.165) is 11.6 Å². The van der Waals surface area contributed by atoms with E-state index in [2.05, 4.69) is 11.9 Å². The van der Waals surface area contributed by atoms with Gasteiger partial charge in [0.25, 0.3) is 5.91 Å². The smallest absolute Gasteiger partial charge is 0.479 e. The van der Waals surface area contributed by atoms with Gasteiger partial charge in [0.05, 0.1) is 0 Å². The fourth-order valence-corrected chi connectivity index (χ4v) is 2.53. The number of aryl methyl sites for hydroxylation is 2. The Bertz CT molecular complexity index is 893. The summed E-state index contributed by atoms with van der Waals surface area (Å²) in [7, 11) is 0. The number of ether oxygens (including phenoxy) is 1. The first kappa shape index (κ1) is 20.3. The standard InChI is InChI=1S/C19H19F3N2O3/c1-5-9-27-15-10-12(3)24(26)17(19(20,21)22)16(15)18(25)23-14-8-6-7-11(2)13(14)4/h5-8,10H,1,9H2,2-4H3,(H,23,25). The quantitative estimate of drug-likeness (QED) is 0.483. The van der Waals surface area contributed by atoms with Crippen LogP contribution in [0, 0.1) is 26.0 Å². The fourth-order valence-electron chi connectivity index (χ4n) is 2.53. The molecule has 0 saturated heterocycles. The number of hydrogen-bond donors (Lipinski definition) is 1. The molecule has 5 nitrogen and oxygen atoms in total. The van der Waals surface area contributed by atoms with Crippen LogP contribution in [0.4, 0.5) is 18.9 Å². The number of pyridine rings is 1. The number of benzene rings is 1. The van der Waals surface area contributed by atoms with Crippen LogP contribution in [0.15, 0.2) is 36.9 Å². The van der Waals surface area contributed by atoms with Gasteiger partial charge >= 0.3 is 11.9 Å². The highest BCUT2D eigenvalue weighted by molar-refractivity contribution is 6.07. The molecule has 1 N–H and O–H groups in total. The van der Waals surface area contributed by atoms with Crippen LogP contribution in [0.2, 0.25) is 0 Å². The van der Waals surface area contributed by atoms with Crippen molar-refractivity contribution in [2.75, 3.05) is 11.9 Å². The van der Waals surface area contributed by atoms with Gasteiger partial charge < -0.3 is 15.3 Å². The molecule has 0 atom stereocenters. The van der Waals surface area contributed by atoms with Gasteiger partial charge in [-0.25, -0.2) is 0 Å². The normalized spacial score (nSPS) is 11.2. The van der Waals surface area contributed by atoms with E-state index in [1.807, 2.05) is 13.0 Å². The summed E-state index contributed by atoms with van der Waals surface area (Å²) >= 11 is 0. The van der Waals surface area contributed by atoms with Crippen LogP contribution in [0.25, 0.3) is 0 Å². The first-order chi connectivity index (χ1) is 12.6. The number of hydrogen-bond acceptors (Lipinski definition) is 3. The first-order valence-electron chi connectivity index (χ1n) is 8.03. The van der Waals surface area contributed by atoms with E-state index < -0.39 is 23.3 Å². The zero-order chi connectivity index (χ0) is 20.4. The SMILES string of the molecule is C=CCOc1cc(C)[n+]([O-])c(C(F)(F)F)c1C(=O)Nc1cccc(C)c1C. The number of nitrogens with zero attached hydrogens (tertiary/aromatic N) is 1. The summed E-state index contributed by atoms with van der Waals surface area (Å²) in [5.41, 5.74) is -0.828. The van der Waals surface area contributed by atoms with Crippen molar-refractivity contribution in [1.29, 1.82) is 0 Å². The Morgan fingerprint density at radius 2 is 2.00 bits per heavy atom. The molecule has 0 unspecified atom stereocenters. The van der Waals surface area contributed by atoms with Crippen LogP contribution in [0.5, 0.6) is 5.75 Å². The van der Waals surface area contributed by atoms with E-state index >= 15 is 0 Å². The van der Waals surface area contributed by atoms with E-state index in [9.17, 15) is 23.2 Å². The van der Waals surface area contributed by atoms with Gasteiger partial charge in [-0.15, -0.1) is 0 Å². The topological polar surface area (TPSA) is 65.3 Å². The number of amides is 1. The highest BCUT2D eigenvalue weighted by atomic mass is 19.4. The molecular formula is C19H19F3N2O3. The fraction of sp³-hybridized carbons (Fsp3) is 0.263. The maximum atomic E-state index is 13.6. The third-order valence-corrected chi connectivity index (χ3v) is 4.05.